The van der Waals surface area contributed by atoms with Gasteiger partial charge in [0, 0.05) is 0 Å². The first-order valence-electron chi connectivity index (χ1n) is 11.1. The normalized spacial score (nSPS) is 11.1. The Kier molecular flexibility index (Phi) is 6.43. The molecule has 0 saturated heterocycles. The van der Waals surface area contributed by atoms with Crippen LogP contribution in [0.4, 0.5) is 5.13 Å². The zero-order valence-corrected chi connectivity index (χ0v) is 20.3. The van der Waals surface area contributed by atoms with E-state index in [1.165, 1.54) is 11.3 Å². The minimum absolute atomic E-state index is 0.0194. The van der Waals surface area contributed by atoms with Crippen molar-refractivity contribution in [2.24, 2.45) is 0 Å². The number of rotatable bonds is 6. The summed E-state index contributed by atoms with van der Waals surface area (Å²) in [6.45, 7) is 2.44. The molecule has 5 aromatic rings. The Morgan fingerprint density at radius 1 is 0.853 bits per heavy atom. The van der Waals surface area contributed by atoms with Crippen molar-refractivity contribution in [3.63, 3.8) is 0 Å². The van der Waals surface area contributed by atoms with Gasteiger partial charge in [-0.2, -0.15) is 0 Å². The number of carbonyl (C=O) groups excluding carboxylic acids is 1. The van der Waals surface area contributed by atoms with Crippen molar-refractivity contribution in [2.45, 2.75) is 19.4 Å². The summed E-state index contributed by atoms with van der Waals surface area (Å²) in [6.07, 6.45) is 0. The summed E-state index contributed by atoms with van der Waals surface area (Å²) in [5.41, 5.74) is 4.82. The number of halogens is 1. The molecule has 0 bridgehead atoms. The number of fused-ring (bicyclic) bond motifs is 1. The number of aromatic nitrogens is 1. The first-order chi connectivity index (χ1) is 16.6. The first kappa shape index (κ1) is 22.3. The van der Waals surface area contributed by atoms with E-state index >= 15 is 0 Å². The SMILES string of the molecule is Cc1ccc(Cl)c2sc(N(Cc3ccccc3)C(=O)C(c3ccccc3)c3ccccc3)nc12. The van der Waals surface area contributed by atoms with E-state index in [-0.39, 0.29) is 5.91 Å². The smallest absolute Gasteiger partial charge is 0.241 e. The first-order valence-corrected chi connectivity index (χ1v) is 12.3. The molecule has 0 spiro atoms. The highest BCUT2D eigenvalue weighted by Crippen LogP contribution is 2.38. The fourth-order valence-electron chi connectivity index (χ4n) is 4.14. The fourth-order valence-corrected chi connectivity index (χ4v) is 5.46. The summed E-state index contributed by atoms with van der Waals surface area (Å²) >= 11 is 7.97. The van der Waals surface area contributed by atoms with E-state index in [0.29, 0.717) is 16.7 Å². The maximum atomic E-state index is 14.4. The fraction of sp³-hybridized carbons (Fsp3) is 0.103. The van der Waals surface area contributed by atoms with E-state index in [1.54, 1.807) is 4.90 Å². The molecule has 4 aromatic carbocycles. The van der Waals surface area contributed by atoms with Crippen molar-refractivity contribution in [3.05, 3.63) is 130 Å². The maximum Gasteiger partial charge on any atom is 0.241 e. The number of amides is 1. The zero-order valence-electron chi connectivity index (χ0n) is 18.7. The molecule has 0 saturated carbocycles. The molecule has 0 unspecified atom stereocenters. The van der Waals surface area contributed by atoms with Gasteiger partial charge in [0.2, 0.25) is 5.91 Å². The zero-order chi connectivity index (χ0) is 23.5. The van der Waals surface area contributed by atoms with Crippen LogP contribution in [0.2, 0.25) is 5.02 Å². The second-order valence-corrected chi connectivity index (χ2v) is 9.59. The van der Waals surface area contributed by atoms with Crippen LogP contribution in [0, 0.1) is 6.92 Å². The number of aryl methyl sites for hydroxylation is 1. The van der Waals surface area contributed by atoms with Crippen LogP contribution in [0.1, 0.15) is 28.2 Å². The molecule has 0 aliphatic rings. The minimum Gasteiger partial charge on any atom is -0.283 e. The number of thiazole rings is 1. The van der Waals surface area contributed by atoms with Crippen LogP contribution in [-0.2, 0) is 11.3 Å². The highest BCUT2D eigenvalue weighted by atomic mass is 35.5. The summed E-state index contributed by atoms with van der Waals surface area (Å²) in [5, 5.41) is 1.30. The molecule has 0 aliphatic heterocycles. The second-order valence-electron chi connectivity index (χ2n) is 8.20. The number of hydrogen-bond donors (Lipinski definition) is 0. The number of nitrogens with zero attached hydrogens (tertiary/aromatic N) is 2. The Morgan fingerprint density at radius 2 is 1.41 bits per heavy atom. The quantitative estimate of drug-likeness (QED) is 0.249. The summed E-state index contributed by atoms with van der Waals surface area (Å²) in [5.74, 6) is -0.469. The molecule has 1 amide bonds. The average Bonchev–Trinajstić information content (AvgIpc) is 3.34. The third-order valence-corrected chi connectivity index (χ3v) is 7.42. The Labute approximate surface area is 208 Å². The second kappa shape index (κ2) is 9.80. The average molecular weight is 483 g/mol. The molecule has 34 heavy (non-hydrogen) atoms. The van der Waals surface area contributed by atoms with Crippen LogP contribution >= 0.6 is 22.9 Å². The van der Waals surface area contributed by atoms with Crippen LogP contribution in [0.15, 0.2) is 103 Å². The summed E-state index contributed by atoms with van der Waals surface area (Å²) in [4.78, 5) is 21.1. The van der Waals surface area contributed by atoms with Crippen molar-refractivity contribution < 1.29 is 4.79 Å². The molecule has 1 heterocycles. The Morgan fingerprint density at radius 3 is 1.97 bits per heavy atom. The van der Waals surface area contributed by atoms with Gasteiger partial charge in [-0.25, -0.2) is 4.98 Å². The van der Waals surface area contributed by atoms with Gasteiger partial charge in [0.25, 0.3) is 0 Å². The maximum absolute atomic E-state index is 14.4. The molecule has 5 rings (SSSR count). The van der Waals surface area contributed by atoms with Crippen LogP contribution in [0.3, 0.4) is 0 Å². The predicted molar refractivity (Wildman–Crippen MR) is 142 cm³/mol. The lowest BCUT2D eigenvalue weighted by Crippen LogP contribution is -2.35. The Hall–Kier alpha value is -3.47. The van der Waals surface area contributed by atoms with E-state index in [9.17, 15) is 4.79 Å². The standard InChI is InChI=1S/C29H23ClN2OS/c1-20-17-18-24(30)27-26(20)31-29(34-27)32(19-21-11-5-2-6-12-21)28(33)25(22-13-7-3-8-14-22)23-15-9-4-10-16-23/h2-18,25H,19H2,1H3. The van der Waals surface area contributed by atoms with Gasteiger partial charge in [-0.05, 0) is 35.2 Å². The highest BCUT2D eigenvalue weighted by molar-refractivity contribution is 7.23. The van der Waals surface area contributed by atoms with Gasteiger partial charge in [0.05, 0.1) is 27.7 Å². The molecular formula is C29H23ClN2OS. The minimum atomic E-state index is -0.449. The lowest BCUT2D eigenvalue weighted by Gasteiger charge is -2.26. The van der Waals surface area contributed by atoms with Crippen molar-refractivity contribution in [3.8, 4) is 0 Å². The van der Waals surface area contributed by atoms with Crippen molar-refractivity contribution >= 4 is 44.2 Å². The Balaban J connectivity index is 1.65. The van der Waals surface area contributed by atoms with Crippen molar-refractivity contribution in [2.75, 3.05) is 4.90 Å². The van der Waals surface area contributed by atoms with Crippen molar-refractivity contribution in [1.29, 1.82) is 0 Å². The largest absolute Gasteiger partial charge is 0.283 e. The molecule has 0 fully saturated rings. The Bertz CT molecular complexity index is 1340. The number of hydrogen-bond acceptors (Lipinski definition) is 3. The van der Waals surface area contributed by atoms with Gasteiger partial charge in [-0.3, -0.25) is 9.69 Å². The number of benzene rings is 4. The van der Waals surface area contributed by atoms with Gasteiger partial charge in [0.15, 0.2) is 5.13 Å². The molecule has 0 atom stereocenters. The van der Waals surface area contributed by atoms with Crippen LogP contribution in [0.5, 0.6) is 0 Å². The number of carbonyl (C=O) groups is 1. The molecular weight excluding hydrogens is 460 g/mol. The number of anilines is 1. The molecule has 3 nitrogen and oxygen atoms in total. The van der Waals surface area contributed by atoms with Crippen molar-refractivity contribution in [1.82, 2.24) is 4.98 Å². The van der Waals surface area contributed by atoms with Gasteiger partial charge < -0.3 is 0 Å². The monoisotopic (exact) mass is 482 g/mol. The van der Waals surface area contributed by atoms with E-state index < -0.39 is 5.92 Å². The van der Waals surface area contributed by atoms with Crippen LogP contribution in [-0.4, -0.2) is 10.9 Å². The molecule has 5 heteroatoms. The molecule has 0 aliphatic carbocycles. The molecule has 0 N–H and O–H groups in total. The lowest BCUT2D eigenvalue weighted by molar-refractivity contribution is -0.119. The molecule has 1 aromatic heterocycles. The summed E-state index contributed by atoms with van der Waals surface area (Å²) in [6, 6.07) is 33.7. The molecule has 0 radical (unpaired) electrons. The van der Waals surface area contributed by atoms with Gasteiger partial charge in [0.1, 0.15) is 0 Å². The van der Waals surface area contributed by atoms with Crippen LogP contribution < -0.4 is 4.90 Å². The van der Waals surface area contributed by atoms with Gasteiger partial charge in [-0.1, -0.05) is 120 Å². The van der Waals surface area contributed by atoms with Crippen LogP contribution in [0.25, 0.3) is 10.2 Å². The van der Waals surface area contributed by atoms with E-state index in [2.05, 4.69) is 0 Å². The predicted octanol–water partition coefficient (Wildman–Crippen LogP) is 7.62. The van der Waals surface area contributed by atoms with Gasteiger partial charge >= 0.3 is 0 Å². The van der Waals surface area contributed by atoms with E-state index in [4.69, 9.17) is 16.6 Å². The third kappa shape index (κ3) is 4.47. The topological polar surface area (TPSA) is 33.2 Å². The highest BCUT2D eigenvalue weighted by Gasteiger charge is 2.30. The third-order valence-electron chi connectivity index (χ3n) is 5.88. The van der Waals surface area contributed by atoms with Gasteiger partial charge in [-0.15, -0.1) is 0 Å². The summed E-state index contributed by atoms with van der Waals surface area (Å²) in [7, 11) is 0. The summed E-state index contributed by atoms with van der Waals surface area (Å²) < 4.78 is 0.901. The molecule has 168 valence electrons. The van der Waals surface area contributed by atoms with E-state index in [0.717, 1.165) is 32.5 Å². The lowest BCUT2D eigenvalue weighted by atomic mass is 9.90. The van der Waals surface area contributed by atoms with E-state index in [1.807, 2.05) is 110 Å².